The highest BCUT2D eigenvalue weighted by Crippen LogP contribution is 2.25. The molecule has 0 atom stereocenters. The molecule has 3 aromatic carbocycles. The molecule has 0 heterocycles. The van der Waals surface area contributed by atoms with Crippen LogP contribution >= 0.6 is 0 Å². The second kappa shape index (κ2) is 7.41. The Kier molecular flexibility index (Phi) is 5.04. The first kappa shape index (κ1) is 17.7. The molecule has 0 aromatic heterocycles. The lowest BCUT2D eigenvalue weighted by atomic mass is 10.1. The molecule has 5 nitrogen and oxygen atoms in total. The van der Waals surface area contributed by atoms with E-state index < -0.39 is 16.0 Å². The number of hydrogen-bond donors (Lipinski definition) is 1. The first-order chi connectivity index (χ1) is 12.5. The molecule has 0 unspecified atom stereocenters. The fourth-order valence-corrected chi connectivity index (χ4v) is 4.02. The molecular formula is C20H17NO4S. The van der Waals surface area contributed by atoms with Crippen LogP contribution in [-0.4, -0.2) is 19.5 Å². The zero-order valence-electron chi connectivity index (χ0n) is 13.8. The maximum absolute atomic E-state index is 13.1. The number of nitrogens with zero attached hydrogens (tertiary/aromatic N) is 1. The van der Waals surface area contributed by atoms with Gasteiger partial charge in [0.05, 0.1) is 22.7 Å². The molecule has 0 spiro atoms. The molecule has 6 heteroatoms. The topological polar surface area (TPSA) is 74.7 Å². The van der Waals surface area contributed by atoms with E-state index in [1.54, 1.807) is 66.7 Å². The van der Waals surface area contributed by atoms with Crippen LogP contribution in [0.1, 0.15) is 15.9 Å². The Morgan fingerprint density at radius 3 is 1.88 bits per heavy atom. The summed E-state index contributed by atoms with van der Waals surface area (Å²) in [7, 11) is -3.76. The molecule has 1 N–H and O–H groups in total. The summed E-state index contributed by atoms with van der Waals surface area (Å²) in [5, 5.41) is 9.01. The van der Waals surface area contributed by atoms with Crippen LogP contribution in [0.3, 0.4) is 0 Å². The number of hydrogen-bond acceptors (Lipinski definition) is 3. The monoisotopic (exact) mass is 367 g/mol. The molecule has 0 aliphatic rings. The van der Waals surface area contributed by atoms with Gasteiger partial charge in [-0.3, -0.25) is 4.31 Å². The van der Waals surface area contributed by atoms with E-state index >= 15 is 0 Å². The number of carboxylic acid groups (broad SMARTS) is 1. The fourth-order valence-electron chi connectivity index (χ4n) is 2.55. The van der Waals surface area contributed by atoms with Crippen molar-refractivity contribution in [1.29, 1.82) is 0 Å². The molecule has 3 aromatic rings. The Hall–Kier alpha value is -3.12. The number of aromatic carboxylic acids is 1. The number of anilines is 1. The predicted molar refractivity (Wildman–Crippen MR) is 99.7 cm³/mol. The Morgan fingerprint density at radius 1 is 0.808 bits per heavy atom. The van der Waals surface area contributed by atoms with Crippen molar-refractivity contribution in [3.05, 3.63) is 96.1 Å². The van der Waals surface area contributed by atoms with E-state index in [4.69, 9.17) is 5.11 Å². The second-order valence-corrected chi connectivity index (χ2v) is 7.52. The van der Waals surface area contributed by atoms with Gasteiger partial charge in [0.15, 0.2) is 0 Å². The van der Waals surface area contributed by atoms with Gasteiger partial charge in [0.25, 0.3) is 10.0 Å². The molecule has 0 saturated carbocycles. The van der Waals surface area contributed by atoms with Crippen LogP contribution in [-0.2, 0) is 16.6 Å². The molecule has 26 heavy (non-hydrogen) atoms. The number of benzene rings is 3. The molecule has 132 valence electrons. The van der Waals surface area contributed by atoms with Gasteiger partial charge in [0.2, 0.25) is 0 Å². The molecule has 0 saturated heterocycles. The van der Waals surface area contributed by atoms with Gasteiger partial charge in [-0.25, -0.2) is 13.2 Å². The van der Waals surface area contributed by atoms with Gasteiger partial charge in [0.1, 0.15) is 0 Å². The summed E-state index contributed by atoms with van der Waals surface area (Å²) in [6, 6.07) is 23.2. The van der Waals surface area contributed by atoms with Crippen molar-refractivity contribution >= 4 is 21.7 Å². The van der Waals surface area contributed by atoms with Gasteiger partial charge in [-0.05, 0) is 42.0 Å². The van der Waals surface area contributed by atoms with Crippen LogP contribution < -0.4 is 4.31 Å². The minimum absolute atomic E-state index is 0.0984. The minimum Gasteiger partial charge on any atom is -0.478 e. The van der Waals surface area contributed by atoms with Crippen molar-refractivity contribution in [2.45, 2.75) is 11.4 Å². The number of para-hydroxylation sites is 1. The molecule has 0 aliphatic carbocycles. The summed E-state index contributed by atoms with van der Waals surface area (Å²) in [4.78, 5) is 11.2. The number of carbonyl (C=O) groups is 1. The molecule has 3 rings (SSSR count). The van der Waals surface area contributed by atoms with Gasteiger partial charge < -0.3 is 5.11 Å². The summed E-state index contributed by atoms with van der Waals surface area (Å²) in [5.41, 5.74) is 1.39. The van der Waals surface area contributed by atoms with E-state index in [0.717, 1.165) is 0 Å². The fraction of sp³-hybridized carbons (Fsp3) is 0.0500. The third kappa shape index (κ3) is 3.75. The normalized spacial score (nSPS) is 11.1. The van der Waals surface area contributed by atoms with Crippen molar-refractivity contribution in [3.8, 4) is 0 Å². The SMILES string of the molecule is O=C(O)c1ccc(CN(c2ccccc2)S(=O)(=O)c2ccccc2)cc1. The average molecular weight is 367 g/mol. The molecule has 0 aliphatic heterocycles. The summed E-state index contributed by atoms with van der Waals surface area (Å²) in [6.45, 7) is 0.0984. The number of sulfonamides is 1. The van der Waals surface area contributed by atoms with E-state index in [0.29, 0.717) is 11.3 Å². The van der Waals surface area contributed by atoms with Crippen LogP contribution in [0.5, 0.6) is 0 Å². The highest BCUT2D eigenvalue weighted by Gasteiger charge is 2.25. The first-order valence-electron chi connectivity index (χ1n) is 7.93. The zero-order valence-corrected chi connectivity index (χ0v) is 14.6. The van der Waals surface area contributed by atoms with Crippen LogP contribution in [0, 0.1) is 0 Å². The molecule has 0 amide bonds. The Morgan fingerprint density at radius 2 is 1.35 bits per heavy atom. The summed E-state index contributed by atoms with van der Waals surface area (Å²) < 4.78 is 27.6. The van der Waals surface area contributed by atoms with Crippen molar-refractivity contribution in [3.63, 3.8) is 0 Å². The van der Waals surface area contributed by atoms with E-state index in [-0.39, 0.29) is 17.0 Å². The highest BCUT2D eigenvalue weighted by molar-refractivity contribution is 7.92. The summed E-state index contributed by atoms with van der Waals surface area (Å²) in [6.07, 6.45) is 0. The van der Waals surface area contributed by atoms with E-state index in [1.807, 2.05) is 6.07 Å². The van der Waals surface area contributed by atoms with E-state index in [2.05, 4.69) is 0 Å². The first-order valence-corrected chi connectivity index (χ1v) is 9.37. The maximum Gasteiger partial charge on any atom is 0.335 e. The van der Waals surface area contributed by atoms with Crippen molar-refractivity contribution in [2.75, 3.05) is 4.31 Å². The Labute approximate surface area is 152 Å². The summed E-state index contributed by atoms with van der Waals surface area (Å²) in [5.74, 6) is -1.02. The van der Waals surface area contributed by atoms with Crippen LogP contribution in [0.4, 0.5) is 5.69 Å². The van der Waals surface area contributed by atoms with E-state index in [9.17, 15) is 13.2 Å². The lowest BCUT2D eigenvalue weighted by Crippen LogP contribution is -2.30. The smallest absolute Gasteiger partial charge is 0.335 e. The lowest BCUT2D eigenvalue weighted by molar-refractivity contribution is 0.0697. The lowest BCUT2D eigenvalue weighted by Gasteiger charge is -2.24. The van der Waals surface area contributed by atoms with E-state index in [1.165, 1.54) is 16.4 Å². The van der Waals surface area contributed by atoms with Gasteiger partial charge in [0, 0.05) is 0 Å². The largest absolute Gasteiger partial charge is 0.478 e. The van der Waals surface area contributed by atoms with Gasteiger partial charge in [-0.15, -0.1) is 0 Å². The number of carboxylic acids is 1. The number of rotatable bonds is 6. The second-order valence-electron chi connectivity index (χ2n) is 5.66. The van der Waals surface area contributed by atoms with Crippen LogP contribution in [0.25, 0.3) is 0 Å². The predicted octanol–water partition coefficient (Wildman–Crippen LogP) is 3.78. The average Bonchev–Trinajstić information content (AvgIpc) is 2.67. The summed E-state index contributed by atoms with van der Waals surface area (Å²) >= 11 is 0. The third-order valence-electron chi connectivity index (χ3n) is 3.90. The Bertz CT molecular complexity index is 985. The third-order valence-corrected chi connectivity index (χ3v) is 5.69. The van der Waals surface area contributed by atoms with Gasteiger partial charge in [-0.1, -0.05) is 48.5 Å². The maximum atomic E-state index is 13.1. The van der Waals surface area contributed by atoms with Crippen LogP contribution in [0.15, 0.2) is 89.8 Å². The van der Waals surface area contributed by atoms with Crippen molar-refractivity contribution in [2.24, 2.45) is 0 Å². The van der Waals surface area contributed by atoms with Gasteiger partial charge in [-0.2, -0.15) is 0 Å². The quantitative estimate of drug-likeness (QED) is 0.719. The molecule has 0 radical (unpaired) electrons. The van der Waals surface area contributed by atoms with Crippen molar-refractivity contribution < 1.29 is 18.3 Å². The van der Waals surface area contributed by atoms with Crippen LogP contribution in [0.2, 0.25) is 0 Å². The van der Waals surface area contributed by atoms with Gasteiger partial charge >= 0.3 is 5.97 Å². The Balaban J connectivity index is 2.01. The molecular weight excluding hydrogens is 350 g/mol. The standard InChI is InChI=1S/C20H17NO4S/c22-20(23)17-13-11-16(12-14-17)15-21(18-7-3-1-4-8-18)26(24,25)19-9-5-2-6-10-19/h1-14H,15H2,(H,22,23). The van der Waals surface area contributed by atoms with Crippen molar-refractivity contribution in [1.82, 2.24) is 0 Å². The molecule has 0 bridgehead atoms. The highest BCUT2D eigenvalue weighted by atomic mass is 32.2. The zero-order chi connectivity index (χ0) is 18.6. The minimum atomic E-state index is -3.76. The molecule has 0 fully saturated rings.